The van der Waals surface area contributed by atoms with E-state index in [9.17, 15) is 4.79 Å². The molecule has 0 saturated heterocycles. The standard InChI is InChI=1S/C22H26N4O3/c1-14(2)29-20-8-6-7-17(13-20)15(3)23-22(27)21-16(4)26(25-24-21)18-9-11-19(28-5)12-10-18/h6-15H,1-5H3,(H,23,27)/t15-/m1/s1. The van der Waals surface area contributed by atoms with Crippen LogP contribution in [0.4, 0.5) is 0 Å². The summed E-state index contributed by atoms with van der Waals surface area (Å²) in [5.41, 5.74) is 2.72. The normalized spacial score (nSPS) is 11.9. The first-order valence-electron chi connectivity index (χ1n) is 9.53. The lowest BCUT2D eigenvalue weighted by Gasteiger charge is -2.16. The van der Waals surface area contributed by atoms with Crippen molar-refractivity contribution in [1.29, 1.82) is 0 Å². The minimum atomic E-state index is -0.273. The first-order valence-corrected chi connectivity index (χ1v) is 9.53. The predicted molar refractivity (Wildman–Crippen MR) is 111 cm³/mol. The molecule has 0 aliphatic heterocycles. The highest BCUT2D eigenvalue weighted by atomic mass is 16.5. The number of methoxy groups -OCH3 is 1. The van der Waals surface area contributed by atoms with Gasteiger partial charge in [0, 0.05) is 0 Å². The van der Waals surface area contributed by atoms with Crippen molar-refractivity contribution in [1.82, 2.24) is 20.3 Å². The maximum atomic E-state index is 12.8. The van der Waals surface area contributed by atoms with E-state index in [1.807, 2.05) is 76.2 Å². The molecule has 7 heteroatoms. The molecule has 0 fully saturated rings. The summed E-state index contributed by atoms with van der Waals surface area (Å²) in [6.45, 7) is 7.70. The minimum absolute atomic E-state index is 0.0887. The van der Waals surface area contributed by atoms with Crippen LogP contribution < -0.4 is 14.8 Å². The number of hydrogen-bond donors (Lipinski definition) is 1. The van der Waals surface area contributed by atoms with Gasteiger partial charge in [-0.05, 0) is 69.7 Å². The highest BCUT2D eigenvalue weighted by Gasteiger charge is 2.20. The molecule has 1 amide bonds. The third-order valence-corrected chi connectivity index (χ3v) is 4.50. The van der Waals surface area contributed by atoms with Crippen molar-refractivity contribution in [2.45, 2.75) is 39.8 Å². The van der Waals surface area contributed by atoms with Gasteiger partial charge >= 0.3 is 0 Å². The molecule has 1 N–H and O–H groups in total. The second kappa shape index (κ2) is 8.77. The molecule has 152 valence electrons. The Morgan fingerprint density at radius 2 is 1.79 bits per heavy atom. The molecule has 2 aromatic carbocycles. The molecular weight excluding hydrogens is 368 g/mol. The van der Waals surface area contributed by atoms with Gasteiger partial charge in [-0.25, -0.2) is 4.68 Å². The zero-order valence-electron chi connectivity index (χ0n) is 17.3. The van der Waals surface area contributed by atoms with E-state index in [0.717, 1.165) is 22.7 Å². The maximum absolute atomic E-state index is 12.8. The molecular formula is C22H26N4O3. The summed E-state index contributed by atoms with van der Waals surface area (Å²) in [5, 5.41) is 11.2. The number of nitrogens with one attached hydrogen (secondary N) is 1. The molecule has 1 aromatic heterocycles. The Morgan fingerprint density at radius 1 is 1.07 bits per heavy atom. The Balaban J connectivity index is 1.75. The molecule has 7 nitrogen and oxygen atoms in total. The highest BCUT2D eigenvalue weighted by molar-refractivity contribution is 5.93. The van der Waals surface area contributed by atoms with Crippen LogP contribution in [0.15, 0.2) is 48.5 Å². The number of rotatable bonds is 7. The molecule has 0 aliphatic carbocycles. The summed E-state index contributed by atoms with van der Waals surface area (Å²) in [6, 6.07) is 14.9. The van der Waals surface area contributed by atoms with Gasteiger partial charge in [0.2, 0.25) is 0 Å². The molecule has 0 bridgehead atoms. The molecule has 1 heterocycles. The Labute approximate surface area is 170 Å². The van der Waals surface area contributed by atoms with E-state index in [1.165, 1.54) is 0 Å². The lowest BCUT2D eigenvalue weighted by molar-refractivity contribution is 0.0934. The Morgan fingerprint density at radius 3 is 2.45 bits per heavy atom. The summed E-state index contributed by atoms with van der Waals surface area (Å²) in [4.78, 5) is 12.8. The number of carbonyl (C=O) groups is 1. The van der Waals surface area contributed by atoms with Gasteiger partial charge in [-0.2, -0.15) is 0 Å². The van der Waals surface area contributed by atoms with Crippen molar-refractivity contribution in [2.75, 3.05) is 7.11 Å². The molecule has 0 unspecified atom stereocenters. The van der Waals surface area contributed by atoms with Crippen LogP contribution in [0.25, 0.3) is 5.69 Å². The van der Waals surface area contributed by atoms with Crippen molar-refractivity contribution < 1.29 is 14.3 Å². The van der Waals surface area contributed by atoms with Crippen LogP contribution in [0.1, 0.15) is 48.6 Å². The zero-order valence-corrected chi connectivity index (χ0v) is 17.3. The molecule has 3 rings (SSSR count). The molecule has 0 spiro atoms. The quantitative estimate of drug-likeness (QED) is 0.658. The van der Waals surface area contributed by atoms with Crippen molar-refractivity contribution in [3.8, 4) is 17.2 Å². The Bertz CT molecular complexity index is 980. The van der Waals surface area contributed by atoms with Crippen molar-refractivity contribution >= 4 is 5.91 Å². The van der Waals surface area contributed by atoms with Crippen LogP contribution in [-0.4, -0.2) is 34.1 Å². The van der Waals surface area contributed by atoms with Crippen LogP contribution in [0.3, 0.4) is 0 Å². The molecule has 29 heavy (non-hydrogen) atoms. The van der Waals surface area contributed by atoms with E-state index in [2.05, 4.69) is 15.6 Å². The highest BCUT2D eigenvalue weighted by Crippen LogP contribution is 2.21. The second-order valence-corrected chi connectivity index (χ2v) is 7.07. The van der Waals surface area contributed by atoms with Gasteiger partial charge in [0.05, 0.1) is 30.6 Å². The van der Waals surface area contributed by atoms with Crippen molar-refractivity contribution in [3.63, 3.8) is 0 Å². The van der Waals surface area contributed by atoms with Gasteiger partial charge in [0.15, 0.2) is 5.69 Å². The van der Waals surface area contributed by atoms with E-state index in [-0.39, 0.29) is 18.1 Å². The first kappa shape index (κ1) is 20.4. The fourth-order valence-electron chi connectivity index (χ4n) is 2.99. The number of benzene rings is 2. The zero-order chi connectivity index (χ0) is 21.0. The third kappa shape index (κ3) is 4.74. The van der Waals surface area contributed by atoms with Crippen LogP contribution in [-0.2, 0) is 0 Å². The van der Waals surface area contributed by atoms with E-state index < -0.39 is 0 Å². The summed E-state index contributed by atoms with van der Waals surface area (Å²) in [5.74, 6) is 1.26. The molecule has 3 aromatic rings. The number of hydrogen-bond acceptors (Lipinski definition) is 5. The van der Waals surface area contributed by atoms with Crippen LogP contribution >= 0.6 is 0 Å². The maximum Gasteiger partial charge on any atom is 0.274 e. The number of ether oxygens (including phenoxy) is 2. The molecule has 0 radical (unpaired) electrons. The second-order valence-electron chi connectivity index (χ2n) is 7.07. The predicted octanol–water partition coefficient (Wildman–Crippen LogP) is 3.86. The average molecular weight is 394 g/mol. The lowest BCUT2D eigenvalue weighted by Crippen LogP contribution is -2.27. The largest absolute Gasteiger partial charge is 0.497 e. The van der Waals surface area contributed by atoms with Crippen molar-refractivity contribution in [3.05, 3.63) is 65.5 Å². The summed E-state index contributed by atoms with van der Waals surface area (Å²) in [6.07, 6.45) is 0.0887. The van der Waals surface area contributed by atoms with Gasteiger partial charge in [-0.3, -0.25) is 4.79 Å². The summed E-state index contributed by atoms with van der Waals surface area (Å²) in [7, 11) is 1.62. The molecule has 0 saturated carbocycles. The molecule has 0 aliphatic rings. The monoisotopic (exact) mass is 394 g/mol. The number of nitrogens with zero attached hydrogens (tertiary/aromatic N) is 3. The lowest BCUT2D eigenvalue weighted by atomic mass is 10.1. The van der Waals surface area contributed by atoms with Crippen LogP contribution in [0.5, 0.6) is 11.5 Å². The van der Waals surface area contributed by atoms with Crippen molar-refractivity contribution in [2.24, 2.45) is 0 Å². The molecule has 1 atom stereocenters. The summed E-state index contributed by atoms with van der Waals surface area (Å²) < 4.78 is 12.5. The van der Waals surface area contributed by atoms with Gasteiger partial charge in [-0.1, -0.05) is 17.3 Å². The van der Waals surface area contributed by atoms with E-state index >= 15 is 0 Å². The summed E-state index contributed by atoms with van der Waals surface area (Å²) >= 11 is 0. The van der Waals surface area contributed by atoms with E-state index in [4.69, 9.17) is 9.47 Å². The SMILES string of the molecule is COc1ccc(-n2nnc(C(=O)N[C@H](C)c3cccc(OC(C)C)c3)c2C)cc1. The number of carbonyl (C=O) groups excluding carboxylic acids is 1. The van der Waals surface area contributed by atoms with Crippen LogP contribution in [0.2, 0.25) is 0 Å². The topological polar surface area (TPSA) is 78.3 Å². The van der Waals surface area contributed by atoms with Gasteiger partial charge in [0.25, 0.3) is 5.91 Å². The third-order valence-electron chi connectivity index (χ3n) is 4.50. The first-order chi connectivity index (χ1) is 13.9. The van der Waals surface area contributed by atoms with Gasteiger partial charge < -0.3 is 14.8 Å². The average Bonchev–Trinajstić information content (AvgIpc) is 3.09. The number of aromatic nitrogens is 3. The fraction of sp³-hybridized carbons (Fsp3) is 0.318. The van der Waals surface area contributed by atoms with E-state index in [0.29, 0.717) is 11.4 Å². The fourth-order valence-corrected chi connectivity index (χ4v) is 2.99. The Kier molecular flexibility index (Phi) is 6.16. The Hall–Kier alpha value is -3.35. The smallest absolute Gasteiger partial charge is 0.274 e. The van der Waals surface area contributed by atoms with E-state index in [1.54, 1.807) is 11.8 Å². The number of amides is 1. The van der Waals surface area contributed by atoms with Gasteiger partial charge in [0.1, 0.15) is 11.5 Å². The minimum Gasteiger partial charge on any atom is -0.497 e. The van der Waals surface area contributed by atoms with Crippen LogP contribution in [0, 0.1) is 6.92 Å². The van der Waals surface area contributed by atoms with Gasteiger partial charge in [-0.15, -0.1) is 5.10 Å².